The molecule has 1 unspecified atom stereocenters. The normalized spacial score (nSPS) is 14.8. The van der Waals surface area contributed by atoms with E-state index < -0.39 is 11.6 Å². The predicted molar refractivity (Wildman–Crippen MR) is 73.1 cm³/mol. The van der Waals surface area contributed by atoms with Gasteiger partial charge in [-0.1, -0.05) is 32.9 Å². The van der Waals surface area contributed by atoms with Gasteiger partial charge in [-0.3, -0.25) is 5.32 Å². The summed E-state index contributed by atoms with van der Waals surface area (Å²) in [6.07, 6.45) is 0.628. The molecule has 2 amide bonds. The van der Waals surface area contributed by atoms with Crippen molar-refractivity contribution in [3.05, 3.63) is 11.8 Å². The maximum Gasteiger partial charge on any atom is 0.320 e. The summed E-state index contributed by atoms with van der Waals surface area (Å²) in [5, 5.41) is 18.3. The summed E-state index contributed by atoms with van der Waals surface area (Å²) >= 11 is 0. The molecule has 0 bridgehead atoms. The van der Waals surface area contributed by atoms with Crippen LogP contribution >= 0.6 is 0 Å². The summed E-state index contributed by atoms with van der Waals surface area (Å²) in [5.74, 6) is 1.06. The fraction of sp³-hybridized carbons (Fsp3) is 0.692. The van der Waals surface area contributed by atoms with Crippen LogP contribution in [0.15, 0.2) is 10.6 Å². The molecule has 1 rings (SSSR count). The number of urea groups is 1. The Hall–Kier alpha value is -1.56. The maximum absolute atomic E-state index is 11.8. The van der Waals surface area contributed by atoms with Crippen molar-refractivity contribution in [3.63, 3.8) is 0 Å². The highest BCUT2D eigenvalue weighted by Gasteiger charge is 2.24. The minimum atomic E-state index is -0.638. The van der Waals surface area contributed by atoms with Gasteiger partial charge in [0, 0.05) is 11.5 Å². The first-order chi connectivity index (χ1) is 8.70. The molecule has 108 valence electrons. The number of nitrogens with zero attached hydrogens (tertiary/aromatic N) is 1. The maximum atomic E-state index is 11.8. The first-order valence-corrected chi connectivity index (χ1v) is 6.37. The van der Waals surface area contributed by atoms with Crippen LogP contribution in [0.1, 0.15) is 46.8 Å². The van der Waals surface area contributed by atoms with Gasteiger partial charge in [0.05, 0.1) is 12.1 Å². The predicted octanol–water partition coefficient (Wildman–Crippen LogP) is 2.25. The van der Waals surface area contributed by atoms with E-state index >= 15 is 0 Å². The Balaban J connectivity index is 2.65. The molecule has 0 radical (unpaired) electrons. The van der Waals surface area contributed by atoms with E-state index in [2.05, 4.69) is 15.8 Å². The van der Waals surface area contributed by atoms with Gasteiger partial charge < -0.3 is 14.9 Å². The van der Waals surface area contributed by atoms with Gasteiger partial charge in [-0.25, -0.2) is 4.79 Å². The van der Waals surface area contributed by atoms with Crippen molar-refractivity contribution in [1.29, 1.82) is 0 Å². The Morgan fingerprint density at radius 3 is 2.47 bits per heavy atom. The average molecular weight is 269 g/mol. The smallest absolute Gasteiger partial charge is 0.320 e. The number of carbonyl (C=O) groups is 1. The first kappa shape index (κ1) is 15.5. The van der Waals surface area contributed by atoms with Crippen LogP contribution in [0.5, 0.6) is 0 Å². The molecule has 1 aromatic rings. The number of amides is 2. The molecule has 1 heterocycles. The lowest BCUT2D eigenvalue weighted by Crippen LogP contribution is -2.50. The number of anilines is 1. The second-order valence-electron chi connectivity index (χ2n) is 5.98. The zero-order valence-corrected chi connectivity index (χ0v) is 12.2. The molecule has 1 atom stereocenters. The molecule has 0 aliphatic rings. The van der Waals surface area contributed by atoms with E-state index in [0.29, 0.717) is 18.0 Å². The van der Waals surface area contributed by atoms with Gasteiger partial charge in [-0.05, 0) is 13.3 Å². The summed E-state index contributed by atoms with van der Waals surface area (Å²) in [6, 6.07) is 1.29. The van der Waals surface area contributed by atoms with Gasteiger partial charge in [0.1, 0.15) is 5.76 Å². The van der Waals surface area contributed by atoms with E-state index in [4.69, 9.17) is 4.52 Å². The number of hydrogen-bond acceptors (Lipinski definition) is 4. The standard InChI is InChI=1S/C13H23N3O3/c1-6-13(5,8-17)15-11(18)14-10-7-9(19-16-10)12(2,3)4/h7,17H,6,8H2,1-5H3,(H2,14,15,16,18). The van der Waals surface area contributed by atoms with Crippen molar-refractivity contribution in [1.82, 2.24) is 10.5 Å². The summed E-state index contributed by atoms with van der Waals surface area (Å²) in [6.45, 7) is 9.54. The third-order valence-corrected chi connectivity index (χ3v) is 3.04. The highest BCUT2D eigenvalue weighted by atomic mass is 16.5. The lowest BCUT2D eigenvalue weighted by Gasteiger charge is -2.26. The van der Waals surface area contributed by atoms with E-state index in [-0.39, 0.29) is 12.0 Å². The number of carbonyl (C=O) groups excluding carboxylic acids is 1. The summed E-state index contributed by atoms with van der Waals surface area (Å²) in [7, 11) is 0. The minimum absolute atomic E-state index is 0.122. The SMILES string of the molecule is CCC(C)(CO)NC(=O)Nc1cc(C(C)(C)C)on1. The molecule has 0 spiro atoms. The van der Waals surface area contributed by atoms with E-state index in [1.807, 2.05) is 27.7 Å². The number of aliphatic hydroxyl groups excluding tert-OH is 1. The van der Waals surface area contributed by atoms with Crippen molar-refractivity contribution in [3.8, 4) is 0 Å². The van der Waals surface area contributed by atoms with Crippen molar-refractivity contribution in [2.45, 2.75) is 52.0 Å². The van der Waals surface area contributed by atoms with Crippen molar-refractivity contribution in [2.24, 2.45) is 0 Å². The molecule has 6 nitrogen and oxygen atoms in total. The number of nitrogens with one attached hydrogen (secondary N) is 2. The molecule has 0 saturated heterocycles. The first-order valence-electron chi connectivity index (χ1n) is 6.37. The zero-order valence-electron chi connectivity index (χ0n) is 12.2. The van der Waals surface area contributed by atoms with Crippen molar-refractivity contribution >= 4 is 11.8 Å². The van der Waals surface area contributed by atoms with Crippen LogP contribution in [-0.2, 0) is 5.41 Å². The van der Waals surface area contributed by atoms with Crippen LogP contribution in [-0.4, -0.2) is 28.4 Å². The minimum Gasteiger partial charge on any atom is -0.394 e. The molecule has 3 N–H and O–H groups in total. The Bertz CT molecular complexity index is 431. The van der Waals surface area contributed by atoms with E-state index in [9.17, 15) is 9.90 Å². The Kier molecular flexibility index (Phi) is 4.57. The zero-order chi connectivity index (χ0) is 14.7. The molecule has 0 aliphatic heterocycles. The molecule has 19 heavy (non-hydrogen) atoms. The molecular formula is C13H23N3O3. The third kappa shape index (κ3) is 4.24. The number of aliphatic hydroxyl groups is 1. The fourth-order valence-corrected chi connectivity index (χ4v) is 1.35. The van der Waals surface area contributed by atoms with Gasteiger partial charge in [-0.15, -0.1) is 0 Å². The molecule has 0 aliphatic carbocycles. The third-order valence-electron chi connectivity index (χ3n) is 3.04. The monoisotopic (exact) mass is 269 g/mol. The molecule has 0 saturated carbocycles. The van der Waals surface area contributed by atoms with E-state index in [1.54, 1.807) is 13.0 Å². The van der Waals surface area contributed by atoms with Crippen LogP contribution in [0.4, 0.5) is 10.6 Å². The molecule has 0 aromatic carbocycles. The van der Waals surface area contributed by atoms with Crippen LogP contribution in [0.25, 0.3) is 0 Å². The van der Waals surface area contributed by atoms with Crippen LogP contribution in [0.2, 0.25) is 0 Å². The second kappa shape index (κ2) is 5.61. The number of rotatable bonds is 4. The van der Waals surface area contributed by atoms with Crippen LogP contribution in [0, 0.1) is 0 Å². The fourth-order valence-electron chi connectivity index (χ4n) is 1.35. The lowest BCUT2D eigenvalue weighted by atomic mass is 9.93. The van der Waals surface area contributed by atoms with Gasteiger partial charge in [0.2, 0.25) is 0 Å². The largest absolute Gasteiger partial charge is 0.394 e. The van der Waals surface area contributed by atoms with Crippen LogP contribution in [0.3, 0.4) is 0 Å². The molecule has 0 fully saturated rings. The second-order valence-corrected chi connectivity index (χ2v) is 5.98. The van der Waals surface area contributed by atoms with E-state index in [0.717, 1.165) is 0 Å². The average Bonchev–Trinajstić information content (AvgIpc) is 2.76. The quantitative estimate of drug-likeness (QED) is 0.782. The Morgan fingerprint density at radius 2 is 2.05 bits per heavy atom. The highest BCUT2D eigenvalue weighted by molar-refractivity contribution is 5.88. The lowest BCUT2D eigenvalue weighted by molar-refractivity contribution is 0.172. The number of hydrogen-bond donors (Lipinski definition) is 3. The van der Waals surface area contributed by atoms with E-state index in [1.165, 1.54) is 0 Å². The van der Waals surface area contributed by atoms with Gasteiger partial charge in [0.25, 0.3) is 0 Å². The van der Waals surface area contributed by atoms with Gasteiger partial charge >= 0.3 is 6.03 Å². The summed E-state index contributed by atoms with van der Waals surface area (Å²) in [4.78, 5) is 11.8. The molecular weight excluding hydrogens is 246 g/mol. The highest BCUT2D eigenvalue weighted by Crippen LogP contribution is 2.24. The molecule has 6 heteroatoms. The van der Waals surface area contributed by atoms with Gasteiger partial charge in [-0.2, -0.15) is 0 Å². The Labute approximate surface area is 113 Å². The van der Waals surface area contributed by atoms with Gasteiger partial charge in [0.15, 0.2) is 5.82 Å². The summed E-state index contributed by atoms with van der Waals surface area (Å²) in [5.41, 5.74) is -0.798. The molecule has 1 aromatic heterocycles. The summed E-state index contributed by atoms with van der Waals surface area (Å²) < 4.78 is 5.17. The Morgan fingerprint density at radius 1 is 1.42 bits per heavy atom. The number of aromatic nitrogens is 1. The van der Waals surface area contributed by atoms with Crippen molar-refractivity contribution in [2.75, 3.05) is 11.9 Å². The van der Waals surface area contributed by atoms with Crippen LogP contribution < -0.4 is 10.6 Å². The topological polar surface area (TPSA) is 87.4 Å². The van der Waals surface area contributed by atoms with Crippen molar-refractivity contribution < 1.29 is 14.4 Å².